The number of hydrogen-bond donors (Lipinski definition) is 2. The van der Waals surface area contributed by atoms with E-state index in [0.717, 1.165) is 30.0 Å². The highest BCUT2D eigenvalue weighted by Gasteiger charge is 2.08. The van der Waals surface area contributed by atoms with Crippen LogP contribution in [0.3, 0.4) is 0 Å². The van der Waals surface area contributed by atoms with Crippen molar-refractivity contribution >= 4 is 11.8 Å². The SMILES string of the molecule is CCNc1cc(-c2ccccc2)nc(N[C@H](C)CC)n1. The van der Waals surface area contributed by atoms with Crippen LogP contribution >= 0.6 is 0 Å². The van der Waals surface area contributed by atoms with Gasteiger partial charge in [0.2, 0.25) is 5.95 Å². The Hall–Kier alpha value is -2.10. The zero-order valence-electron chi connectivity index (χ0n) is 12.4. The van der Waals surface area contributed by atoms with E-state index in [9.17, 15) is 0 Å². The first-order valence-corrected chi connectivity index (χ1v) is 7.17. The third-order valence-corrected chi connectivity index (χ3v) is 3.14. The smallest absolute Gasteiger partial charge is 0.225 e. The first-order valence-electron chi connectivity index (χ1n) is 7.17. The summed E-state index contributed by atoms with van der Waals surface area (Å²) in [5.74, 6) is 1.53. The highest BCUT2D eigenvalue weighted by atomic mass is 15.1. The second kappa shape index (κ2) is 6.89. The number of benzene rings is 1. The van der Waals surface area contributed by atoms with Crippen molar-refractivity contribution in [3.8, 4) is 11.3 Å². The lowest BCUT2D eigenvalue weighted by molar-refractivity contribution is 0.753. The number of nitrogens with one attached hydrogen (secondary N) is 2. The van der Waals surface area contributed by atoms with Crippen LogP contribution in [0.5, 0.6) is 0 Å². The van der Waals surface area contributed by atoms with Crippen LogP contribution in [0.15, 0.2) is 36.4 Å². The van der Waals surface area contributed by atoms with Crippen molar-refractivity contribution in [1.29, 1.82) is 0 Å². The van der Waals surface area contributed by atoms with Gasteiger partial charge in [-0.15, -0.1) is 0 Å². The van der Waals surface area contributed by atoms with Crippen LogP contribution in [0.2, 0.25) is 0 Å². The van der Waals surface area contributed by atoms with Crippen LogP contribution in [-0.4, -0.2) is 22.6 Å². The van der Waals surface area contributed by atoms with E-state index in [0.29, 0.717) is 12.0 Å². The molecular weight excluding hydrogens is 248 g/mol. The van der Waals surface area contributed by atoms with Gasteiger partial charge in [0.25, 0.3) is 0 Å². The fraction of sp³-hybridized carbons (Fsp3) is 0.375. The molecule has 0 bridgehead atoms. The van der Waals surface area contributed by atoms with Gasteiger partial charge < -0.3 is 10.6 Å². The Morgan fingerprint density at radius 1 is 1.10 bits per heavy atom. The van der Waals surface area contributed by atoms with Gasteiger partial charge in [0.15, 0.2) is 0 Å². The second-order valence-corrected chi connectivity index (χ2v) is 4.81. The average Bonchev–Trinajstić information content (AvgIpc) is 2.48. The molecule has 2 aromatic rings. The minimum absolute atomic E-state index is 0.357. The van der Waals surface area contributed by atoms with Crippen LogP contribution in [-0.2, 0) is 0 Å². The van der Waals surface area contributed by atoms with Crippen molar-refractivity contribution in [2.45, 2.75) is 33.2 Å². The lowest BCUT2D eigenvalue weighted by atomic mass is 10.1. The lowest BCUT2D eigenvalue weighted by Crippen LogP contribution is -2.16. The quantitative estimate of drug-likeness (QED) is 0.838. The zero-order valence-corrected chi connectivity index (χ0v) is 12.4. The molecule has 4 heteroatoms. The first kappa shape index (κ1) is 14.3. The predicted octanol–water partition coefficient (Wildman–Crippen LogP) is 3.79. The third-order valence-electron chi connectivity index (χ3n) is 3.14. The maximum absolute atomic E-state index is 4.61. The Morgan fingerprint density at radius 3 is 2.50 bits per heavy atom. The van der Waals surface area contributed by atoms with Gasteiger partial charge >= 0.3 is 0 Å². The molecule has 2 N–H and O–H groups in total. The van der Waals surface area contributed by atoms with Crippen molar-refractivity contribution in [1.82, 2.24) is 9.97 Å². The molecule has 1 atom stereocenters. The topological polar surface area (TPSA) is 49.8 Å². The normalized spacial score (nSPS) is 11.9. The summed E-state index contributed by atoms with van der Waals surface area (Å²) >= 11 is 0. The van der Waals surface area contributed by atoms with Crippen LogP contribution < -0.4 is 10.6 Å². The molecule has 0 aliphatic rings. The van der Waals surface area contributed by atoms with E-state index >= 15 is 0 Å². The first-order chi connectivity index (χ1) is 9.72. The Bertz CT molecular complexity index is 539. The van der Waals surface area contributed by atoms with Gasteiger partial charge in [-0.2, -0.15) is 4.98 Å². The monoisotopic (exact) mass is 270 g/mol. The number of hydrogen-bond acceptors (Lipinski definition) is 4. The summed E-state index contributed by atoms with van der Waals surface area (Å²) in [6.07, 6.45) is 1.04. The number of nitrogens with zero attached hydrogens (tertiary/aromatic N) is 2. The molecule has 2 rings (SSSR count). The van der Waals surface area contributed by atoms with Gasteiger partial charge in [-0.05, 0) is 20.3 Å². The highest BCUT2D eigenvalue weighted by molar-refractivity contribution is 5.64. The molecule has 0 radical (unpaired) electrons. The molecule has 20 heavy (non-hydrogen) atoms. The molecule has 1 aromatic heterocycles. The molecule has 4 nitrogen and oxygen atoms in total. The molecule has 0 spiro atoms. The molecule has 0 aliphatic heterocycles. The molecule has 106 valence electrons. The third kappa shape index (κ3) is 3.70. The molecular formula is C16H22N4. The van der Waals surface area contributed by atoms with Gasteiger partial charge in [-0.1, -0.05) is 37.3 Å². The summed E-state index contributed by atoms with van der Waals surface area (Å²) in [6, 6.07) is 12.5. The Kier molecular flexibility index (Phi) is 4.93. The Morgan fingerprint density at radius 2 is 1.85 bits per heavy atom. The van der Waals surface area contributed by atoms with E-state index in [4.69, 9.17) is 0 Å². The molecule has 0 unspecified atom stereocenters. The minimum Gasteiger partial charge on any atom is -0.370 e. The molecule has 1 aromatic carbocycles. The molecule has 1 heterocycles. The van der Waals surface area contributed by atoms with Crippen molar-refractivity contribution in [3.05, 3.63) is 36.4 Å². The van der Waals surface area contributed by atoms with Gasteiger partial charge in [0.1, 0.15) is 5.82 Å². The summed E-state index contributed by atoms with van der Waals surface area (Å²) in [5.41, 5.74) is 2.03. The Labute approximate surface area is 120 Å². The van der Waals surface area contributed by atoms with Gasteiger partial charge in [0, 0.05) is 24.2 Å². The summed E-state index contributed by atoms with van der Waals surface area (Å²) < 4.78 is 0. The van der Waals surface area contributed by atoms with Gasteiger partial charge in [-0.25, -0.2) is 4.98 Å². The fourth-order valence-corrected chi connectivity index (χ4v) is 1.86. The summed E-state index contributed by atoms with van der Waals surface area (Å²) in [6.45, 7) is 7.18. The van der Waals surface area contributed by atoms with E-state index in [1.54, 1.807) is 0 Å². The molecule has 0 saturated carbocycles. The minimum atomic E-state index is 0.357. The van der Waals surface area contributed by atoms with Gasteiger partial charge in [0.05, 0.1) is 5.69 Å². The van der Waals surface area contributed by atoms with E-state index < -0.39 is 0 Å². The predicted molar refractivity (Wildman–Crippen MR) is 85.0 cm³/mol. The van der Waals surface area contributed by atoms with E-state index in [2.05, 4.69) is 53.5 Å². The maximum atomic E-state index is 4.61. The van der Waals surface area contributed by atoms with E-state index in [-0.39, 0.29) is 0 Å². The van der Waals surface area contributed by atoms with Crippen molar-refractivity contribution < 1.29 is 0 Å². The standard InChI is InChI=1S/C16H22N4/c1-4-12(3)18-16-19-14(11-15(20-16)17-5-2)13-9-7-6-8-10-13/h6-12H,4-5H2,1-3H3,(H2,17,18,19,20)/t12-/m1/s1. The van der Waals surface area contributed by atoms with Crippen molar-refractivity contribution in [2.24, 2.45) is 0 Å². The second-order valence-electron chi connectivity index (χ2n) is 4.81. The van der Waals surface area contributed by atoms with Crippen LogP contribution in [0.25, 0.3) is 11.3 Å². The van der Waals surface area contributed by atoms with Gasteiger partial charge in [-0.3, -0.25) is 0 Å². The largest absolute Gasteiger partial charge is 0.370 e. The highest BCUT2D eigenvalue weighted by Crippen LogP contribution is 2.21. The maximum Gasteiger partial charge on any atom is 0.225 e. The lowest BCUT2D eigenvalue weighted by Gasteiger charge is -2.14. The molecule has 0 amide bonds. The fourth-order valence-electron chi connectivity index (χ4n) is 1.86. The molecule has 0 aliphatic carbocycles. The molecule has 0 saturated heterocycles. The number of rotatable bonds is 6. The van der Waals surface area contributed by atoms with Crippen molar-refractivity contribution in [3.63, 3.8) is 0 Å². The summed E-state index contributed by atoms with van der Waals surface area (Å²) in [7, 11) is 0. The Balaban J connectivity index is 2.35. The van der Waals surface area contributed by atoms with Crippen molar-refractivity contribution in [2.75, 3.05) is 17.2 Å². The van der Waals surface area contributed by atoms with E-state index in [1.807, 2.05) is 24.3 Å². The van der Waals surface area contributed by atoms with Crippen LogP contribution in [0, 0.1) is 0 Å². The number of aromatic nitrogens is 2. The number of anilines is 2. The van der Waals surface area contributed by atoms with Crippen LogP contribution in [0.1, 0.15) is 27.2 Å². The summed E-state index contributed by atoms with van der Waals surface area (Å²) in [4.78, 5) is 9.11. The summed E-state index contributed by atoms with van der Waals surface area (Å²) in [5, 5.41) is 6.60. The van der Waals surface area contributed by atoms with E-state index in [1.165, 1.54) is 0 Å². The van der Waals surface area contributed by atoms with Crippen LogP contribution in [0.4, 0.5) is 11.8 Å². The molecule has 0 fully saturated rings. The zero-order chi connectivity index (χ0) is 14.4. The average molecular weight is 270 g/mol.